The Balaban J connectivity index is 2.54. The van der Waals surface area contributed by atoms with Gasteiger partial charge in [0.2, 0.25) is 0 Å². The molecule has 2 rings (SSSR count). The van der Waals surface area contributed by atoms with Crippen LogP contribution < -0.4 is 0 Å². The average Bonchev–Trinajstić information content (AvgIpc) is 2.55. The van der Waals surface area contributed by atoms with Gasteiger partial charge in [0.15, 0.2) is 0 Å². The zero-order valence-electron chi connectivity index (χ0n) is 14.0. The van der Waals surface area contributed by atoms with Crippen LogP contribution in [0.5, 0.6) is 0 Å². The summed E-state index contributed by atoms with van der Waals surface area (Å²) in [5, 5.41) is -0.475. The lowest BCUT2D eigenvalue weighted by Crippen LogP contribution is -2.67. The molecule has 0 spiro atoms. The molecular weight excluding hydrogens is 299 g/mol. The first-order valence-corrected chi connectivity index (χ1v) is 10.0. The summed E-state index contributed by atoms with van der Waals surface area (Å²) < 4.78 is 31.8. The van der Waals surface area contributed by atoms with E-state index in [0.717, 1.165) is 37.3 Å². The molecule has 22 heavy (non-hydrogen) atoms. The number of hydrogen-bond donors (Lipinski definition) is 0. The second-order valence-corrected chi connectivity index (χ2v) is 9.67. The van der Waals surface area contributed by atoms with E-state index in [1.807, 2.05) is 6.07 Å². The maximum atomic E-state index is 13.7. The monoisotopic (exact) mass is 326 g/mol. The zero-order chi connectivity index (χ0) is 16.2. The van der Waals surface area contributed by atoms with Crippen molar-refractivity contribution in [3.05, 3.63) is 35.6 Å². The minimum absolute atomic E-state index is 0.105. The van der Waals surface area contributed by atoms with Gasteiger partial charge in [-0.05, 0) is 36.6 Å². The lowest BCUT2D eigenvalue weighted by Gasteiger charge is -2.52. The van der Waals surface area contributed by atoms with Gasteiger partial charge in [0, 0.05) is 27.2 Å². The fourth-order valence-corrected chi connectivity index (χ4v) is 8.32. The van der Waals surface area contributed by atoms with Crippen LogP contribution in [0, 0.1) is 5.82 Å². The molecule has 1 aromatic rings. The van der Waals surface area contributed by atoms with E-state index in [-0.39, 0.29) is 11.7 Å². The number of ether oxygens (including phenoxy) is 1. The molecule has 0 aliphatic carbocycles. The van der Waals surface area contributed by atoms with Gasteiger partial charge in [-0.15, -0.1) is 0 Å². The second kappa shape index (κ2) is 7.21. The second-order valence-electron chi connectivity index (χ2n) is 6.00. The lowest BCUT2D eigenvalue weighted by atomic mass is 9.85. The highest BCUT2D eigenvalue weighted by atomic mass is 28.4. The molecule has 1 aliphatic rings. The smallest absolute Gasteiger partial charge is 0.371 e. The SMILES string of the molecule is CCCC1(OC)C(c2cccc(F)c2)CCC[Si]1(OC)OC. The Morgan fingerprint density at radius 1 is 1.27 bits per heavy atom. The van der Waals surface area contributed by atoms with Crippen molar-refractivity contribution in [3.63, 3.8) is 0 Å². The predicted molar refractivity (Wildman–Crippen MR) is 87.6 cm³/mol. The van der Waals surface area contributed by atoms with Gasteiger partial charge in [-0.3, -0.25) is 0 Å². The molecular formula is C17H27FO3Si. The van der Waals surface area contributed by atoms with Crippen LogP contribution in [0.25, 0.3) is 0 Å². The fraction of sp³-hybridized carbons (Fsp3) is 0.647. The van der Waals surface area contributed by atoms with Crippen LogP contribution in [-0.4, -0.2) is 35.1 Å². The Labute approximate surface area is 134 Å². The van der Waals surface area contributed by atoms with Crippen molar-refractivity contribution in [2.45, 2.75) is 49.8 Å². The first-order valence-electron chi connectivity index (χ1n) is 8.00. The van der Waals surface area contributed by atoms with E-state index in [2.05, 4.69) is 6.92 Å². The lowest BCUT2D eigenvalue weighted by molar-refractivity contribution is -0.0303. The van der Waals surface area contributed by atoms with Crippen molar-refractivity contribution >= 4 is 8.56 Å². The van der Waals surface area contributed by atoms with Crippen LogP contribution >= 0.6 is 0 Å². The largest absolute Gasteiger partial charge is 0.396 e. The molecule has 2 atom stereocenters. The molecule has 5 heteroatoms. The average molecular weight is 326 g/mol. The number of methoxy groups -OCH3 is 1. The van der Waals surface area contributed by atoms with Gasteiger partial charge in [-0.1, -0.05) is 31.9 Å². The normalized spacial score (nSPS) is 27.8. The minimum Gasteiger partial charge on any atom is -0.396 e. The summed E-state index contributed by atoms with van der Waals surface area (Å²) in [4.78, 5) is 0. The molecule has 3 nitrogen and oxygen atoms in total. The van der Waals surface area contributed by atoms with Crippen LogP contribution in [0.3, 0.4) is 0 Å². The molecule has 1 aliphatic heterocycles. The highest BCUT2D eigenvalue weighted by Crippen LogP contribution is 2.51. The first kappa shape index (κ1) is 17.6. The van der Waals surface area contributed by atoms with Crippen molar-refractivity contribution in [1.82, 2.24) is 0 Å². The summed E-state index contributed by atoms with van der Waals surface area (Å²) in [6, 6.07) is 7.79. The fourth-order valence-electron chi connectivity index (χ4n) is 4.18. The summed E-state index contributed by atoms with van der Waals surface area (Å²) in [5.41, 5.74) is 0.987. The molecule has 1 saturated heterocycles. The topological polar surface area (TPSA) is 27.7 Å². The molecule has 0 bridgehead atoms. The molecule has 0 amide bonds. The third-order valence-electron chi connectivity index (χ3n) is 5.10. The summed E-state index contributed by atoms with van der Waals surface area (Å²) in [5.74, 6) is -0.0971. The van der Waals surface area contributed by atoms with E-state index < -0.39 is 13.8 Å². The Morgan fingerprint density at radius 2 is 2.00 bits per heavy atom. The maximum absolute atomic E-state index is 13.7. The predicted octanol–water partition coefficient (Wildman–Crippen LogP) is 4.16. The van der Waals surface area contributed by atoms with E-state index in [1.54, 1.807) is 33.5 Å². The zero-order valence-corrected chi connectivity index (χ0v) is 15.0. The van der Waals surface area contributed by atoms with E-state index >= 15 is 0 Å². The Morgan fingerprint density at radius 3 is 2.55 bits per heavy atom. The van der Waals surface area contributed by atoms with Crippen molar-refractivity contribution < 1.29 is 18.0 Å². The summed E-state index contributed by atoms with van der Waals surface area (Å²) in [7, 11) is 2.66. The van der Waals surface area contributed by atoms with Gasteiger partial charge in [0.25, 0.3) is 0 Å². The Hall–Kier alpha value is -0.753. The van der Waals surface area contributed by atoms with E-state index in [0.29, 0.717) is 0 Å². The molecule has 1 aromatic carbocycles. The molecule has 0 N–H and O–H groups in total. The van der Waals surface area contributed by atoms with Crippen molar-refractivity contribution in [3.8, 4) is 0 Å². The Bertz CT molecular complexity index is 493. The Kier molecular flexibility index (Phi) is 5.77. The number of rotatable bonds is 6. The molecule has 0 saturated carbocycles. The van der Waals surface area contributed by atoms with Gasteiger partial charge < -0.3 is 13.6 Å². The van der Waals surface area contributed by atoms with Gasteiger partial charge >= 0.3 is 8.56 Å². The van der Waals surface area contributed by atoms with Crippen LogP contribution in [0.15, 0.2) is 24.3 Å². The number of benzene rings is 1. The number of halogens is 1. The van der Waals surface area contributed by atoms with Gasteiger partial charge in [0.1, 0.15) is 11.0 Å². The van der Waals surface area contributed by atoms with Gasteiger partial charge in [0.05, 0.1) is 0 Å². The van der Waals surface area contributed by atoms with Crippen LogP contribution in [0.1, 0.15) is 44.1 Å². The van der Waals surface area contributed by atoms with Gasteiger partial charge in [-0.25, -0.2) is 4.39 Å². The van der Waals surface area contributed by atoms with Crippen molar-refractivity contribution in [2.75, 3.05) is 21.3 Å². The van der Waals surface area contributed by atoms with Crippen molar-refractivity contribution in [1.29, 1.82) is 0 Å². The highest BCUT2D eigenvalue weighted by molar-refractivity contribution is 6.71. The van der Waals surface area contributed by atoms with Crippen LogP contribution in [0.2, 0.25) is 6.04 Å². The van der Waals surface area contributed by atoms with E-state index in [9.17, 15) is 4.39 Å². The third kappa shape index (κ3) is 2.75. The molecule has 124 valence electrons. The third-order valence-corrected chi connectivity index (χ3v) is 9.53. The molecule has 0 aromatic heterocycles. The summed E-state index contributed by atoms with van der Waals surface area (Å²) in [6.07, 6.45) is 3.82. The summed E-state index contributed by atoms with van der Waals surface area (Å²) in [6.45, 7) is 2.14. The van der Waals surface area contributed by atoms with Crippen molar-refractivity contribution in [2.24, 2.45) is 0 Å². The summed E-state index contributed by atoms with van der Waals surface area (Å²) >= 11 is 0. The van der Waals surface area contributed by atoms with E-state index in [4.69, 9.17) is 13.6 Å². The quantitative estimate of drug-likeness (QED) is 0.735. The van der Waals surface area contributed by atoms with E-state index in [1.165, 1.54) is 6.07 Å². The molecule has 1 heterocycles. The maximum Gasteiger partial charge on any atom is 0.371 e. The molecule has 0 radical (unpaired) electrons. The van der Waals surface area contributed by atoms with Crippen LogP contribution in [-0.2, 0) is 13.6 Å². The van der Waals surface area contributed by atoms with Gasteiger partial charge in [-0.2, -0.15) is 0 Å². The molecule has 1 fully saturated rings. The van der Waals surface area contributed by atoms with Crippen LogP contribution in [0.4, 0.5) is 4.39 Å². The molecule has 2 unspecified atom stereocenters. The highest BCUT2D eigenvalue weighted by Gasteiger charge is 2.63. The minimum atomic E-state index is -2.54. The standard InChI is InChI=1S/C17H27FO3Si/c1-5-11-17(19-2)16(14-8-6-9-15(18)13-14)10-7-12-22(17,20-3)21-4/h6,8-9,13,16H,5,7,10-12H2,1-4H3. The first-order chi connectivity index (χ1) is 10.6. The number of hydrogen-bond acceptors (Lipinski definition) is 3.